The summed E-state index contributed by atoms with van der Waals surface area (Å²) < 4.78 is 51.8. The number of hydrogen-bond acceptors (Lipinski definition) is 6. The Morgan fingerprint density at radius 1 is 1.09 bits per heavy atom. The lowest BCUT2D eigenvalue weighted by Crippen LogP contribution is -2.42. The lowest BCUT2D eigenvalue weighted by atomic mass is 9.92. The molecule has 0 saturated heterocycles. The molecule has 3 aromatic rings. The van der Waals surface area contributed by atoms with Crippen molar-refractivity contribution < 1.29 is 27.4 Å². The van der Waals surface area contributed by atoms with Gasteiger partial charge in [0.2, 0.25) is 5.92 Å². The second kappa shape index (κ2) is 10.8. The highest BCUT2D eigenvalue weighted by molar-refractivity contribution is 5.92. The highest BCUT2D eigenvalue weighted by Crippen LogP contribution is 2.33. The van der Waals surface area contributed by atoms with E-state index in [2.05, 4.69) is 25.9 Å². The lowest BCUT2D eigenvalue weighted by Gasteiger charge is -2.28. The highest BCUT2D eigenvalue weighted by Gasteiger charge is 2.35. The zero-order chi connectivity index (χ0) is 24.8. The number of rotatable bonds is 8. The molecule has 35 heavy (non-hydrogen) atoms. The fourth-order valence-corrected chi connectivity index (χ4v) is 3.85. The maximum atomic E-state index is 14.8. The third-order valence-corrected chi connectivity index (χ3v) is 5.68. The van der Waals surface area contributed by atoms with Crippen LogP contribution in [0.3, 0.4) is 0 Å². The van der Waals surface area contributed by atoms with Gasteiger partial charge in [0.05, 0.1) is 17.5 Å². The summed E-state index contributed by atoms with van der Waals surface area (Å²) in [5, 5.41) is 8.70. The first-order valence-corrected chi connectivity index (χ1v) is 11.2. The Morgan fingerprint density at radius 2 is 1.80 bits per heavy atom. The normalized spacial score (nSPS) is 15.5. The van der Waals surface area contributed by atoms with Gasteiger partial charge in [-0.3, -0.25) is 0 Å². The molecule has 2 amide bonds. The number of fused-ring (bicyclic) bond motifs is 1. The molecule has 8 nitrogen and oxygen atoms in total. The molecule has 0 spiro atoms. The molecule has 3 N–H and O–H groups in total. The van der Waals surface area contributed by atoms with E-state index < -0.39 is 17.8 Å². The van der Waals surface area contributed by atoms with Gasteiger partial charge in [-0.2, -0.15) is 0 Å². The third kappa shape index (κ3) is 6.50. The van der Waals surface area contributed by atoms with Crippen LogP contribution in [-0.4, -0.2) is 48.3 Å². The molecule has 1 aliphatic rings. The van der Waals surface area contributed by atoms with E-state index in [1.165, 1.54) is 12.4 Å². The summed E-state index contributed by atoms with van der Waals surface area (Å²) in [6.45, 7) is 0.662. The number of aromatic nitrogens is 2. The van der Waals surface area contributed by atoms with Crippen LogP contribution in [0.5, 0.6) is 5.75 Å². The van der Waals surface area contributed by atoms with Gasteiger partial charge in [-0.15, -0.1) is 0 Å². The molecular formula is C24H26F3N5O3. The molecule has 0 atom stereocenters. The summed E-state index contributed by atoms with van der Waals surface area (Å²) in [6, 6.07) is 8.90. The van der Waals surface area contributed by atoms with Crippen molar-refractivity contribution in [3.8, 4) is 5.75 Å². The number of nitrogens with zero attached hydrogens (tertiary/aromatic N) is 2. The standard InChI is InChI=1S/C24H26F3N5O3/c1-34-10-11-35-18-12-19(25)21-20(13-18)28-14-29-22(21)30-15-2-4-16(5-3-15)31-23(33)32-17-6-8-24(26,27)9-7-17/h2-5,12-14,17H,6-11H2,1H3,(H,28,29,30)(H2,31,32,33). The Balaban J connectivity index is 1.38. The van der Waals surface area contributed by atoms with Crippen LogP contribution in [0.1, 0.15) is 25.7 Å². The number of halogens is 3. The molecule has 1 fully saturated rings. The van der Waals surface area contributed by atoms with Crippen molar-refractivity contribution in [2.75, 3.05) is 31.0 Å². The summed E-state index contributed by atoms with van der Waals surface area (Å²) in [5.74, 6) is -2.56. The summed E-state index contributed by atoms with van der Waals surface area (Å²) in [7, 11) is 1.55. The van der Waals surface area contributed by atoms with Crippen molar-refractivity contribution in [3.63, 3.8) is 0 Å². The van der Waals surface area contributed by atoms with Gasteiger partial charge in [0, 0.05) is 49.5 Å². The Kier molecular flexibility index (Phi) is 7.54. The summed E-state index contributed by atoms with van der Waals surface area (Å²) in [6.07, 6.45) is 1.36. The molecule has 0 aliphatic heterocycles. The summed E-state index contributed by atoms with van der Waals surface area (Å²) in [5.41, 5.74) is 1.52. The highest BCUT2D eigenvalue weighted by atomic mass is 19.3. The maximum Gasteiger partial charge on any atom is 0.319 e. The Hall–Kier alpha value is -3.60. The van der Waals surface area contributed by atoms with E-state index in [0.29, 0.717) is 29.2 Å². The zero-order valence-electron chi connectivity index (χ0n) is 19.1. The second-order valence-corrected chi connectivity index (χ2v) is 8.29. The smallest absolute Gasteiger partial charge is 0.319 e. The van der Waals surface area contributed by atoms with Crippen LogP contribution < -0.4 is 20.7 Å². The minimum atomic E-state index is -2.64. The molecule has 1 saturated carbocycles. The number of methoxy groups -OCH3 is 1. The van der Waals surface area contributed by atoms with Crippen molar-refractivity contribution in [2.45, 2.75) is 37.6 Å². The molecule has 1 heterocycles. The largest absolute Gasteiger partial charge is 0.491 e. The molecule has 1 aliphatic carbocycles. The van der Waals surface area contributed by atoms with Gasteiger partial charge in [-0.25, -0.2) is 27.9 Å². The first kappa shape index (κ1) is 24.5. The number of anilines is 3. The fraction of sp³-hybridized carbons (Fsp3) is 0.375. The number of hydrogen-bond donors (Lipinski definition) is 3. The third-order valence-electron chi connectivity index (χ3n) is 5.68. The number of urea groups is 1. The van der Waals surface area contributed by atoms with Crippen LogP contribution in [0, 0.1) is 5.82 Å². The van der Waals surface area contributed by atoms with Crippen LogP contribution in [-0.2, 0) is 4.74 Å². The van der Waals surface area contributed by atoms with Crippen LogP contribution in [0.2, 0.25) is 0 Å². The molecule has 11 heteroatoms. The van der Waals surface area contributed by atoms with Gasteiger partial charge in [-0.05, 0) is 37.1 Å². The molecule has 1 aromatic heterocycles. The summed E-state index contributed by atoms with van der Waals surface area (Å²) >= 11 is 0. The van der Waals surface area contributed by atoms with Crippen molar-refractivity contribution in [3.05, 3.63) is 48.5 Å². The van der Waals surface area contributed by atoms with E-state index >= 15 is 0 Å². The molecule has 186 valence electrons. The van der Waals surface area contributed by atoms with Gasteiger partial charge in [0.1, 0.15) is 30.3 Å². The molecule has 0 bridgehead atoms. The fourth-order valence-electron chi connectivity index (χ4n) is 3.85. The quantitative estimate of drug-likeness (QED) is 0.375. The van der Waals surface area contributed by atoms with Crippen molar-refractivity contribution in [1.82, 2.24) is 15.3 Å². The Bertz CT molecular complexity index is 1170. The maximum absolute atomic E-state index is 14.8. The monoisotopic (exact) mass is 489 g/mol. The summed E-state index contributed by atoms with van der Waals surface area (Å²) in [4.78, 5) is 20.5. The van der Waals surface area contributed by atoms with Gasteiger partial charge >= 0.3 is 6.03 Å². The van der Waals surface area contributed by atoms with E-state index in [-0.39, 0.29) is 49.5 Å². The van der Waals surface area contributed by atoms with Gasteiger partial charge < -0.3 is 25.4 Å². The predicted octanol–water partition coefficient (Wildman–Crippen LogP) is 5.24. The lowest BCUT2D eigenvalue weighted by molar-refractivity contribution is -0.0394. The number of amides is 2. The van der Waals surface area contributed by atoms with Crippen molar-refractivity contribution in [1.29, 1.82) is 0 Å². The number of nitrogens with one attached hydrogen (secondary N) is 3. The van der Waals surface area contributed by atoms with Gasteiger partial charge in [0.15, 0.2) is 0 Å². The first-order valence-electron chi connectivity index (χ1n) is 11.2. The van der Waals surface area contributed by atoms with Crippen LogP contribution in [0.4, 0.5) is 35.2 Å². The molecule has 4 rings (SSSR count). The van der Waals surface area contributed by atoms with E-state index in [1.807, 2.05) is 0 Å². The van der Waals surface area contributed by atoms with E-state index in [0.717, 1.165) is 0 Å². The van der Waals surface area contributed by atoms with Crippen molar-refractivity contribution in [2.24, 2.45) is 0 Å². The van der Waals surface area contributed by atoms with E-state index in [4.69, 9.17) is 9.47 Å². The number of carbonyl (C=O) groups is 1. The second-order valence-electron chi connectivity index (χ2n) is 8.29. The molecular weight excluding hydrogens is 463 g/mol. The number of carbonyl (C=O) groups excluding carboxylic acids is 1. The van der Waals surface area contributed by atoms with Crippen LogP contribution in [0.25, 0.3) is 10.9 Å². The average molecular weight is 489 g/mol. The topological polar surface area (TPSA) is 97.4 Å². The van der Waals surface area contributed by atoms with E-state index in [1.54, 1.807) is 37.4 Å². The number of ether oxygens (including phenoxy) is 2. The minimum Gasteiger partial charge on any atom is -0.491 e. The van der Waals surface area contributed by atoms with Crippen LogP contribution >= 0.6 is 0 Å². The van der Waals surface area contributed by atoms with E-state index in [9.17, 15) is 18.0 Å². The Labute approximate surface area is 200 Å². The molecule has 0 unspecified atom stereocenters. The van der Waals surface area contributed by atoms with Crippen molar-refractivity contribution >= 4 is 34.1 Å². The average Bonchev–Trinajstić information content (AvgIpc) is 2.82. The van der Waals surface area contributed by atoms with Gasteiger partial charge in [0.25, 0.3) is 0 Å². The first-order chi connectivity index (χ1) is 16.8. The predicted molar refractivity (Wildman–Crippen MR) is 126 cm³/mol. The number of benzene rings is 2. The van der Waals surface area contributed by atoms with Gasteiger partial charge in [-0.1, -0.05) is 0 Å². The SMILES string of the molecule is COCCOc1cc(F)c2c(Nc3ccc(NC(=O)NC4CCC(F)(F)CC4)cc3)ncnc2c1. The Morgan fingerprint density at radius 3 is 2.51 bits per heavy atom. The molecule has 2 aromatic carbocycles. The van der Waals surface area contributed by atoms with Crippen LogP contribution in [0.15, 0.2) is 42.7 Å². The zero-order valence-corrected chi connectivity index (χ0v) is 19.1. The molecule has 0 radical (unpaired) electrons. The number of alkyl halides is 2. The minimum absolute atomic E-state index is 0.214.